The minimum absolute atomic E-state index is 0.575. The van der Waals surface area contributed by atoms with Crippen LogP contribution in [0.5, 0.6) is 0 Å². The van der Waals surface area contributed by atoms with Gasteiger partial charge in [-0.15, -0.1) is 0 Å². The maximum absolute atomic E-state index is 12.6. The van der Waals surface area contributed by atoms with Crippen molar-refractivity contribution >= 4 is 5.82 Å². The van der Waals surface area contributed by atoms with Crippen LogP contribution in [0.3, 0.4) is 0 Å². The number of nitriles is 1. The van der Waals surface area contributed by atoms with Crippen molar-refractivity contribution in [2.24, 2.45) is 0 Å². The number of nitrogens with zero attached hydrogens (tertiary/aromatic N) is 4. The number of hydrogen-bond acceptors (Lipinski definition) is 4. The minimum Gasteiger partial charge on any atom is -0.354 e. The molecule has 3 rings (SSSR count). The highest BCUT2D eigenvalue weighted by Gasteiger charge is 2.31. The van der Waals surface area contributed by atoms with Crippen molar-refractivity contribution in [2.75, 3.05) is 31.1 Å². The first-order chi connectivity index (χ1) is 12.0. The smallest absolute Gasteiger partial charge is 0.354 e. The van der Waals surface area contributed by atoms with Crippen molar-refractivity contribution in [2.45, 2.75) is 12.7 Å². The summed E-state index contributed by atoms with van der Waals surface area (Å²) in [5.41, 5.74) is 1.05. The van der Waals surface area contributed by atoms with Crippen molar-refractivity contribution in [3.05, 3.63) is 59.3 Å². The van der Waals surface area contributed by atoms with Gasteiger partial charge in [0.25, 0.3) is 0 Å². The molecule has 2 heterocycles. The molecule has 0 spiro atoms. The Hall–Kier alpha value is -2.59. The Labute approximate surface area is 144 Å². The Bertz CT molecular complexity index is 740. The lowest BCUT2D eigenvalue weighted by Gasteiger charge is -2.35. The zero-order chi connectivity index (χ0) is 17.9. The van der Waals surface area contributed by atoms with Gasteiger partial charge >= 0.3 is 6.18 Å². The number of pyridine rings is 1. The number of alkyl halides is 3. The third-order valence-electron chi connectivity index (χ3n) is 4.26. The van der Waals surface area contributed by atoms with Crippen LogP contribution < -0.4 is 4.90 Å². The van der Waals surface area contributed by atoms with Crippen LogP contribution >= 0.6 is 0 Å². The highest BCUT2D eigenvalue weighted by atomic mass is 19.4. The second-order valence-corrected chi connectivity index (χ2v) is 5.97. The van der Waals surface area contributed by atoms with E-state index in [1.165, 1.54) is 6.07 Å². The third kappa shape index (κ3) is 4.28. The van der Waals surface area contributed by atoms with Crippen LogP contribution in [0.1, 0.15) is 16.7 Å². The van der Waals surface area contributed by atoms with Crippen LogP contribution in [0.2, 0.25) is 0 Å². The fourth-order valence-corrected chi connectivity index (χ4v) is 2.82. The topological polar surface area (TPSA) is 43.2 Å². The molecule has 1 aliphatic rings. The molecule has 0 atom stereocenters. The molecule has 0 unspecified atom stereocenters. The molecule has 130 valence electrons. The van der Waals surface area contributed by atoms with E-state index in [1.54, 1.807) is 12.1 Å². The Morgan fingerprint density at radius 2 is 1.68 bits per heavy atom. The standard InChI is InChI=1S/C18H17F3N4/c19-18(20,21)16-5-6-17(23-12-16)25-9-7-24(8-10-25)13-15-3-1-14(11-22)2-4-15/h1-6,12H,7-10,13H2. The van der Waals surface area contributed by atoms with E-state index >= 15 is 0 Å². The number of halogens is 3. The molecule has 0 saturated carbocycles. The van der Waals surface area contributed by atoms with E-state index in [0.29, 0.717) is 24.5 Å². The number of piperazine rings is 1. The lowest BCUT2D eigenvalue weighted by Crippen LogP contribution is -2.46. The molecule has 1 aromatic heterocycles. The first-order valence-electron chi connectivity index (χ1n) is 7.95. The summed E-state index contributed by atoms with van der Waals surface area (Å²) in [6, 6.07) is 12.1. The molecule has 2 aromatic rings. The molecule has 0 bridgehead atoms. The van der Waals surface area contributed by atoms with E-state index in [2.05, 4.69) is 16.0 Å². The molecule has 25 heavy (non-hydrogen) atoms. The van der Waals surface area contributed by atoms with Crippen LogP contribution in [-0.4, -0.2) is 36.1 Å². The molecular weight excluding hydrogens is 329 g/mol. The molecule has 1 fully saturated rings. The van der Waals surface area contributed by atoms with Gasteiger partial charge in [0.1, 0.15) is 5.82 Å². The third-order valence-corrected chi connectivity index (χ3v) is 4.26. The predicted octanol–water partition coefficient (Wildman–Crippen LogP) is 3.29. The second kappa shape index (κ2) is 7.11. The summed E-state index contributed by atoms with van der Waals surface area (Å²) >= 11 is 0. The lowest BCUT2D eigenvalue weighted by molar-refractivity contribution is -0.137. The Morgan fingerprint density at radius 3 is 2.20 bits per heavy atom. The Morgan fingerprint density at radius 1 is 1.00 bits per heavy atom. The van der Waals surface area contributed by atoms with E-state index in [-0.39, 0.29) is 0 Å². The normalized spacial score (nSPS) is 15.8. The highest BCUT2D eigenvalue weighted by Crippen LogP contribution is 2.29. The van der Waals surface area contributed by atoms with Crippen molar-refractivity contribution in [1.29, 1.82) is 5.26 Å². The second-order valence-electron chi connectivity index (χ2n) is 5.97. The number of hydrogen-bond donors (Lipinski definition) is 0. The summed E-state index contributed by atoms with van der Waals surface area (Å²) in [5.74, 6) is 0.575. The van der Waals surface area contributed by atoms with Gasteiger partial charge in [-0.1, -0.05) is 12.1 Å². The van der Waals surface area contributed by atoms with Crippen LogP contribution in [-0.2, 0) is 12.7 Å². The van der Waals surface area contributed by atoms with Gasteiger partial charge in [-0.05, 0) is 29.8 Å². The van der Waals surface area contributed by atoms with Crippen LogP contribution in [0.15, 0.2) is 42.6 Å². The van der Waals surface area contributed by atoms with E-state index in [9.17, 15) is 13.2 Å². The zero-order valence-corrected chi connectivity index (χ0v) is 13.5. The Balaban J connectivity index is 1.55. The average molecular weight is 346 g/mol. The zero-order valence-electron chi connectivity index (χ0n) is 13.5. The number of rotatable bonds is 3. The van der Waals surface area contributed by atoms with Gasteiger partial charge in [0, 0.05) is 38.9 Å². The molecule has 1 saturated heterocycles. The van der Waals surface area contributed by atoms with Crippen molar-refractivity contribution in [3.63, 3.8) is 0 Å². The van der Waals surface area contributed by atoms with Gasteiger partial charge in [-0.3, -0.25) is 4.90 Å². The lowest BCUT2D eigenvalue weighted by atomic mass is 10.1. The Kier molecular flexibility index (Phi) is 4.91. The minimum atomic E-state index is -4.36. The molecule has 1 aliphatic heterocycles. The number of benzene rings is 1. The summed E-state index contributed by atoms with van der Waals surface area (Å²) in [5, 5.41) is 8.81. The highest BCUT2D eigenvalue weighted by molar-refractivity contribution is 5.40. The van der Waals surface area contributed by atoms with Crippen LogP contribution in [0.4, 0.5) is 19.0 Å². The fourth-order valence-electron chi connectivity index (χ4n) is 2.82. The van der Waals surface area contributed by atoms with Gasteiger partial charge in [0.2, 0.25) is 0 Å². The predicted molar refractivity (Wildman–Crippen MR) is 87.9 cm³/mol. The van der Waals surface area contributed by atoms with E-state index in [4.69, 9.17) is 5.26 Å². The van der Waals surface area contributed by atoms with Crippen LogP contribution in [0, 0.1) is 11.3 Å². The SMILES string of the molecule is N#Cc1ccc(CN2CCN(c3ccc(C(F)(F)F)cn3)CC2)cc1. The first-order valence-corrected chi connectivity index (χ1v) is 7.95. The van der Waals surface area contributed by atoms with Crippen molar-refractivity contribution in [3.8, 4) is 6.07 Å². The molecule has 0 amide bonds. The van der Waals surface area contributed by atoms with Crippen molar-refractivity contribution < 1.29 is 13.2 Å². The summed E-state index contributed by atoms with van der Waals surface area (Å²) in [6.45, 7) is 3.84. The van der Waals surface area contributed by atoms with Gasteiger partial charge in [-0.25, -0.2) is 4.98 Å². The maximum atomic E-state index is 12.6. The molecule has 1 aromatic carbocycles. The quantitative estimate of drug-likeness (QED) is 0.855. The largest absolute Gasteiger partial charge is 0.417 e. The number of aromatic nitrogens is 1. The molecule has 0 aliphatic carbocycles. The van der Waals surface area contributed by atoms with E-state index < -0.39 is 11.7 Å². The summed E-state index contributed by atoms with van der Waals surface area (Å²) in [4.78, 5) is 8.23. The molecular formula is C18H17F3N4. The summed E-state index contributed by atoms with van der Waals surface area (Å²) < 4.78 is 37.8. The first kappa shape index (κ1) is 17.2. The van der Waals surface area contributed by atoms with Gasteiger partial charge < -0.3 is 4.90 Å². The monoisotopic (exact) mass is 346 g/mol. The van der Waals surface area contributed by atoms with E-state index in [0.717, 1.165) is 37.5 Å². The molecule has 4 nitrogen and oxygen atoms in total. The van der Waals surface area contributed by atoms with Gasteiger partial charge in [0.05, 0.1) is 17.2 Å². The maximum Gasteiger partial charge on any atom is 0.417 e. The van der Waals surface area contributed by atoms with Gasteiger partial charge in [0.15, 0.2) is 0 Å². The summed E-state index contributed by atoms with van der Waals surface area (Å²) in [6.07, 6.45) is -3.47. The van der Waals surface area contributed by atoms with Crippen LogP contribution in [0.25, 0.3) is 0 Å². The van der Waals surface area contributed by atoms with E-state index in [1.807, 2.05) is 17.0 Å². The fraction of sp³-hybridized carbons (Fsp3) is 0.333. The summed E-state index contributed by atoms with van der Waals surface area (Å²) in [7, 11) is 0. The van der Waals surface area contributed by atoms with Crippen molar-refractivity contribution in [1.82, 2.24) is 9.88 Å². The molecule has 7 heteroatoms. The average Bonchev–Trinajstić information content (AvgIpc) is 2.62. The van der Waals surface area contributed by atoms with Gasteiger partial charge in [-0.2, -0.15) is 18.4 Å². The molecule has 0 radical (unpaired) electrons. The molecule has 0 N–H and O–H groups in total. The number of anilines is 1.